The summed E-state index contributed by atoms with van der Waals surface area (Å²) in [6.45, 7) is 3.58. The zero-order valence-corrected chi connectivity index (χ0v) is 15.0. The molecule has 0 fully saturated rings. The number of aromatic nitrogens is 2. The number of nitrogens with zero attached hydrogens (tertiary/aromatic N) is 2. The van der Waals surface area contributed by atoms with Crippen molar-refractivity contribution in [2.24, 2.45) is 0 Å². The summed E-state index contributed by atoms with van der Waals surface area (Å²) in [7, 11) is 0. The van der Waals surface area contributed by atoms with E-state index in [-0.39, 0.29) is 11.8 Å². The lowest BCUT2D eigenvalue weighted by molar-refractivity contribution is -0.148. The third-order valence-electron chi connectivity index (χ3n) is 3.78. The summed E-state index contributed by atoms with van der Waals surface area (Å²) in [5.41, 5.74) is 2.15. The van der Waals surface area contributed by atoms with Crippen molar-refractivity contribution in [3.05, 3.63) is 53.0 Å². The third kappa shape index (κ3) is 5.38. The van der Waals surface area contributed by atoms with E-state index in [0.717, 1.165) is 0 Å². The predicted octanol–water partition coefficient (Wildman–Crippen LogP) is 3.86. The molecule has 2 aromatic heterocycles. The van der Waals surface area contributed by atoms with E-state index in [9.17, 15) is 22.4 Å². The molecule has 0 radical (unpaired) electrons. The maximum absolute atomic E-state index is 12.9. The standard InChI is InChI=1S/C18H19F4N3O2/c1-10-6-14(8-24-16(10)27-9-18(21,22)17(19)20)12(3)25-15(26)13-4-5-23-11(2)7-13/h4-8,12,17H,9H2,1-3H3,(H,25,26). The van der Waals surface area contributed by atoms with Crippen molar-refractivity contribution in [2.75, 3.05) is 6.61 Å². The lowest BCUT2D eigenvalue weighted by atomic mass is 10.1. The molecule has 0 aromatic carbocycles. The molecule has 2 heterocycles. The Kier molecular flexibility index (Phi) is 6.35. The van der Waals surface area contributed by atoms with E-state index in [1.165, 1.54) is 12.4 Å². The van der Waals surface area contributed by atoms with Gasteiger partial charge in [0.25, 0.3) is 5.91 Å². The number of carbonyl (C=O) groups is 1. The summed E-state index contributed by atoms with van der Waals surface area (Å²) in [5.74, 6) is -4.72. The van der Waals surface area contributed by atoms with Crippen molar-refractivity contribution in [1.82, 2.24) is 15.3 Å². The van der Waals surface area contributed by atoms with E-state index >= 15 is 0 Å². The minimum absolute atomic E-state index is 0.164. The van der Waals surface area contributed by atoms with Crippen molar-refractivity contribution in [3.8, 4) is 5.88 Å². The van der Waals surface area contributed by atoms with Gasteiger partial charge in [-0.3, -0.25) is 9.78 Å². The first-order valence-corrected chi connectivity index (χ1v) is 8.09. The quantitative estimate of drug-likeness (QED) is 0.735. The van der Waals surface area contributed by atoms with E-state index in [1.54, 1.807) is 39.0 Å². The summed E-state index contributed by atoms with van der Waals surface area (Å²) >= 11 is 0. The lowest BCUT2D eigenvalue weighted by Gasteiger charge is -2.18. The van der Waals surface area contributed by atoms with Crippen molar-refractivity contribution in [3.63, 3.8) is 0 Å². The zero-order valence-electron chi connectivity index (χ0n) is 15.0. The van der Waals surface area contributed by atoms with Gasteiger partial charge in [-0.2, -0.15) is 8.78 Å². The van der Waals surface area contributed by atoms with Gasteiger partial charge in [-0.05, 0) is 44.5 Å². The molecule has 1 unspecified atom stereocenters. The van der Waals surface area contributed by atoms with Gasteiger partial charge in [-0.1, -0.05) is 0 Å². The minimum Gasteiger partial charge on any atom is -0.471 e. The second kappa shape index (κ2) is 8.32. The van der Waals surface area contributed by atoms with Crippen LogP contribution in [-0.4, -0.2) is 34.8 Å². The van der Waals surface area contributed by atoms with Crippen LogP contribution in [0.3, 0.4) is 0 Å². The van der Waals surface area contributed by atoms with Crippen LogP contribution in [0.5, 0.6) is 5.88 Å². The Bertz CT molecular complexity index is 815. The van der Waals surface area contributed by atoms with Crippen molar-refractivity contribution in [2.45, 2.75) is 39.2 Å². The van der Waals surface area contributed by atoms with Gasteiger partial charge >= 0.3 is 12.3 Å². The number of hydrogen-bond donors (Lipinski definition) is 1. The Morgan fingerprint density at radius 2 is 1.96 bits per heavy atom. The lowest BCUT2D eigenvalue weighted by Crippen LogP contribution is -2.34. The molecule has 0 aliphatic carbocycles. The van der Waals surface area contributed by atoms with Gasteiger partial charge in [0.2, 0.25) is 5.88 Å². The van der Waals surface area contributed by atoms with E-state index in [0.29, 0.717) is 22.4 Å². The number of rotatable bonds is 7. The van der Waals surface area contributed by atoms with Crippen molar-refractivity contribution in [1.29, 1.82) is 0 Å². The Morgan fingerprint density at radius 1 is 1.26 bits per heavy atom. The summed E-state index contributed by atoms with van der Waals surface area (Å²) in [4.78, 5) is 20.2. The molecule has 27 heavy (non-hydrogen) atoms. The number of halogens is 4. The van der Waals surface area contributed by atoms with Gasteiger partial charge in [0, 0.05) is 29.2 Å². The first-order chi connectivity index (χ1) is 12.6. The van der Waals surface area contributed by atoms with E-state index in [1.807, 2.05) is 0 Å². The summed E-state index contributed by atoms with van der Waals surface area (Å²) in [5, 5.41) is 2.79. The van der Waals surface area contributed by atoms with Crippen LogP contribution in [0.2, 0.25) is 0 Å². The second-order valence-corrected chi connectivity index (χ2v) is 6.12. The van der Waals surface area contributed by atoms with Gasteiger partial charge < -0.3 is 10.1 Å². The normalized spacial score (nSPS) is 12.7. The monoisotopic (exact) mass is 385 g/mol. The van der Waals surface area contributed by atoms with Gasteiger partial charge in [-0.25, -0.2) is 13.8 Å². The van der Waals surface area contributed by atoms with Crippen LogP contribution in [0.1, 0.15) is 40.1 Å². The summed E-state index contributed by atoms with van der Waals surface area (Å²) < 4.78 is 55.0. The molecule has 1 atom stereocenters. The molecule has 2 rings (SSSR count). The van der Waals surface area contributed by atoms with E-state index in [4.69, 9.17) is 4.74 Å². The average Bonchev–Trinajstić information content (AvgIpc) is 2.60. The highest BCUT2D eigenvalue weighted by atomic mass is 19.3. The third-order valence-corrected chi connectivity index (χ3v) is 3.78. The number of carbonyl (C=O) groups excluding carboxylic acids is 1. The summed E-state index contributed by atoms with van der Waals surface area (Å²) in [6.07, 6.45) is -0.947. The molecule has 9 heteroatoms. The highest BCUT2D eigenvalue weighted by molar-refractivity contribution is 5.94. The number of amides is 1. The molecule has 1 amide bonds. The fraction of sp³-hybridized carbons (Fsp3) is 0.389. The minimum atomic E-state index is -4.25. The molecule has 0 bridgehead atoms. The van der Waals surface area contributed by atoms with Gasteiger partial charge in [0.1, 0.15) is 0 Å². The first kappa shape index (κ1) is 20.6. The molecule has 146 valence electrons. The predicted molar refractivity (Wildman–Crippen MR) is 90.3 cm³/mol. The Hall–Kier alpha value is -2.71. The molecular weight excluding hydrogens is 366 g/mol. The second-order valence-electron chi connectivity index (χ2n) is 6.12. The first-order valence-electron chi connectivity index (χ1n) is 8.09. The summed E-state index contributed by atoms with van der Waals surface area (Å²) in [6, 6.07) is 4.39. The maximum Gasteiger partial charge on any atom is 0.340 e. The van der Waals surface area contributed by atoms with Crippen molar-refractivity contribution >= 4 is 5.91 Å². The van der Waals surface area contributed by atoms with E-state index < -0.39 is 25.0 Å². The Morgan fingerprint density at radius 3 is 2.56 bits per heavy atom. The SMILES string of the molecule is Cc1cc(C(=O)NC(C)c2cnc(OCC(F)(F)C(F)F)c(C)c2)ccn1. The number of nitrogens with one attached hydrogen (secondary N) is 1. The van der Waals surface area contributed by atoms with Crippen LogP contribution in [0.15, 0.2) is 30.6 Å². The fourth-order valence-electron chi connectivity index (χ4n) is 2.25. The molecule has 1 N–H and O–H groups in total. The number of aryl methyl sites for hydroxylation is 2. The average molecular weight is 385 g/mol. The Labute approximate surface area is 153 Å². The molecule has 0 saturated carbocycles. The topological polar surface area (TPSA) is 64.1 Å². The molecule has 0 aliphatic heterocycles. The molecule has 0 spiro atoms. The van der Waals surface area contributed by atoms with Crippen molar-refractivity contribution < 1.29 is 27.1 Å². The van der Waals surface area contributed by atoms with Crippen LogP contribution in [0.4, 0.5) is 17.6 Å². The van der Waals surface area contributed by atoms with Crippen LogP contribution in [-0.2, 0) is 0 Å². The van der Waals surface area contributed by atoms with Crippen LogP contribution in [0.25, 0.3) is 0 Å². The molecular formula is C18H19F4N3O2. The number of hydrogen-bond acceptors (Lipinski definition) is 4. The number of pyridine rings is 2. The van der Waals surface area contributed by atoms with Gasteiger partial charge in [-0.15, -0.1) is 0 Å². The zero-order chi connectivity index (χ0) is 20.2. The van der Waals surface area contributed by atoms with Gasteiger partial charge in [0.15, 0.2) is 6.61 Å². The fourth-order valence-corrected chi connectivity index (χ4v) is 2.25. The highest BCUT2D eigenvalue weighted by Crippen LogP contribution is 2.26. The smallest absolute Gasteiger partial charge is 0.340 e. The number of alkyl halides is 4. The number of ether oxygens (including phenoxy) is 1. The van der Waals surface area contributed by atoms with Gasteiger partial charge in [0.05, 0.1) is 6.04 Å². The van der Waals surface area contributed by atoms with Crippen LogP contribution >= 0.6 is 0 Å². The molecule has 5 nitrogen and oxygen atoms in total. The Balaban J connectivity index is 2.04. The van der Waals surface area contributed by atoms with Crippen LogP contribution in [0, 0.1) is 13.8 Å². The van der Waals surface area contributed by atoms with Crippen LogP contribution < -0.4 is 10.1 Å². The molecule has 0 aliphatic rings. The highest BCUT2D eigenvalue weighted by Gasteiger charge is 2.42. The molecule has 2 aromatic rings. The van der Waals surface area contributed by atoms with E-state index in [2.05, 4.69) is 15.3 Å². The molecule has 0 saturated heterocycles. The largest absolute Gasteiger partial charge is 0.471 e. The maximum atomic E-state index is 12.9.